The van der Waals surface area contributed by atoms with Gasteiger partial charge in [0.2, 0.25) is 5.76 Å². The minimum Gasteiger partial charge on any atom is -0.465 e. The molecule has 3 aromatic rings. The summed E-state index contributed by atoms with van der Waals surface area (Å²) in [5, 5.41) is 26.7. The van der Waals surface area contributed by atoms with Crippen molar-refractivity contribution in [2.45, 2.75) is 26.2 Å². The van der Waals surface area contributed by atoms with Crippen molar-refractivity contribution in [2.75, 3.05) is 12.5 Å². The predicted octanol–water partition coefficient (Wildman–Crippen LogP) is 4.56. The molecule has 0 atom stereocenters. The third-order valence-corrected chi connectivity index (χ3v) is 5.70. The molecule has 1 aliphatic carbocycles. The Labute approximate surface area is 209 Å². The highest BCUT2D eigenvalue weighted by Gasteiger charge is 2.29. The molecule has 0 fully saturated rings. The van der Waals surface area contributed by atoms with Crippen LogP contribution in [-0.2, 0) is 11.2 Å². The number of fused-ring (bicyclic) bond motifs is 1. The Bertz CT molecular complexity index is 1440. The van der Waals surface area contributed by atoms with Gasteiger partial charge in [-0.25, -0.2) is 9.59 Å². The van der Waals surface area contributed by atoms with Crippen molar-refractivity contribution in [3.05, 3.63) is 90.9 Å². The molecule has 2 aromatic carbocycles. The zero-order chi connectivity index (χ0) is 26.7. The average Bonchev–Trinajstić information content (AvgIpc) is 3.24. The van der Waals surface area contributed by atoms with E-state index in [1.807, 2.05) is 0 Å². The molecule has 0 spiro atoms. The number of ether oxygens (including phenoxy) is 2. The van der Waals surface area contributed by atoms with Gasteiger partial charge in [-0.1, -0.05) is 0 Å². The van der Waals surface area contributed by atoms with E-state index in [0.717, 1.165) is 12.1 Å². The van der Waals surface area contributed by atoms with Crippen LogP contribution >= 0.6 is 0 Å². The number of carbonyl (C=O) groups is 2. The lowest BCUT2D eigenvalue weighted by Gasteiger charge is -2.13. The Morgan fingerprint density at radius 3 is 2.41 bits per heavy atom. The molecule has 1 heterocycles. The summed E-state index contributed by atoms with van der Waals surface area (Å²) in [6, 6.07) is 9.03. The molecular formula is C24H20N4O9. The van der Waals surface area contributed by atoms with Crippen LogP contribution in [0.5, 0.6) is 5.75 Å². The number of benzene rings is 2. The average molecular weight is 508 g/mol. The molecule has 0 saturated heterocycles. The zero-order valence-electron chi connectivity index (χ0n) is 19.7. The SMILES string of the molecule is COC(=O)c1ccc(OC(=O)c2oc3c(c2C)/C(=N/Nc2ccc([N+](=O)[O-])cc2[N+](=O)[O-])CCC3)cc1. The Kier molecular flexibility index (Phi) is 6.95. The highest BCUT2D eigenvalue weighted by atomic mass is 16.6. The summed E-state index contributed by atoms with van der Waals surface area (Å²) in [4.78, 5) is 45.3. The second-order valence-corrected chi connectivity index (χ2v) is 8.00. The monoisotopic (exact) mass is 508 g/mol. The lowest BCUT2D eigenvalue weighted by molar-refractivity contribution is -0.393. The van der Waals surface area contributed by atoms with E-state index < -0.39 is 33.2 Å². The van der Waals surface area contributed by atoms with Gasteiger partial charge >= 0.3 is 17.6 Å². The first kappa shape index (κ1) is 25.0. The molecule has 0 aliphatic heterocycles. The van der Waals surface area contributed by atoms with E-state index in [0.29, 0.717) is 47.4 Å². The van der Waals surface area contributed by atoms with Crippen LogP contribution in [0, 0.1) is 27.2 Å². The zero-order valence-corrected chi connectivity index (χ0v) is 19.7. The molecule has 1 aliphatic rings. The van der Waals surface area contributed by atoms with Crippen LogP contribution in [0.1, 0.15) is 50.6 Å². The van der Waals surface area contributed by atoms with Crippen molar-refractivity contribution in [3.63, 3.8) is 0 Å². The summed E-state index contributed by atoms with van der Waals surface area (Å²) in [6.07, 6.45) is 1.71. The van der Waals surface area contributed by atoms with Crippen molar-refractivity contribution in [3.8, 4) is 5.75 Å². The summed E-state index contributed by atoms with van der Waals surface area (Å²) >= 11 is 0. The second-order valence-electron chi connectivity index (χ2n) is 8.00. The molecule has 13 nitrogen and oxygen atoms in total. The van der Waals surface area contributed by atoms with Crippen molar-refractivity contribution >= 4 is 34.7 Å². The van der Waals surface area contributed by atoms with Crippen LogP contribution in [-0.4, -0.2) is 34.6 Å². The lowest BCUT2D eigenvalue weighted by Crippen LogP contribution is -2.14. The number of nitro benzene ring substituents is 2. The number of carbonyl (C=O) groups excluding carboxylic acids is 2. The highest BCUT2D eigenvalue weighted by Crippen LogP contribution is 2.32. The van der Waals surface area contributed by atoms with Gasteiger partial charge in [-0.3, -0.25) is 25.7 Å². The fraction of sp³-hybridized carbons (Fsp3) is 0.208. The fourth-order valence-electron chi connectivity index (χ4n) is 3.91. The van der Waals surface area contributed by atoms with Crippen LogP contribution < -0.4 is 10.2 Å². The first-order chi connectivity index (χ1) is 17.7. The van der Waals surface area contributed by atoms with Crippen LogP contribution in [0.3, 0.4) is 0 Å². The van der Waals surface area contributed by atoms with E-state index in [9.17, 15) is 29.8 Å². The smallest absolute Gasteiger partial charge is 0.379 e. The van der Waals surface area contributed by atoms with Gasteiger partial charge in [-0.05, 0) is 50.1 Å². The number of esters is 2. The molecule has 0 unspecified atom stereocenters. The van der Waals surface area contributed by atoms with Crippen molar-refractivity contribution in [2.24, 2.45) is 5.10 Å². The van der Waals surface area contributed by atoms with E-state index in [1.54, 1.807) is 6.92 Å². The number of hydrogen-bond acceptors (Lipinski definition) is 11. The Balaban J connectivity index is 1.58. The molecule has 1 N–H and O–H groups in total. The molecule has 13 heteroatoms. The highest BCUT2D eigenvalue weighted by molar-refractivity contribution is 6.06. The third-order valence-electron chi connectivity index (χ3n) is 5.70. The molecule has 0 amide bonds. The second kappa shape index (κ2) is 10.3. The normalized spacial score (nSPS) is 13.5. The largest absolute Gasteiger partial charge is 0.465 e. The van der Waals surface area contributed by atoms with Crippen LogP contribution in [0.15, 0.2) is 52.0 Å². The molecule has 0 bridgehead atoms. The summed E-state index contributed by atoms with van der Waals surface area (Å²) in [5.41, 5.74) is 3.58. The van der Waals surface area contributed by atoms with Gasteiger partial charge in [0.15, 0.2) is 0 Å². The van der Waals surface area contributed by atoms with Crippen LogP contribution in [0.25, 0.3) is 0 Å². The number of nitrogens with one attached hydrogen (secondary N) is 1. The molecule has 1 aromatic heterocycles. The number of methoxy groups -OCH3 is 1. The molecule has 4 rings (SSSR count). The third kappa shape index (κ3) is 5.15. The molecular weight excluding hydrogens is 488 g/mol. The van der Waals surface area contributed by atoms with Gasteiger partial charge in [-0.15, -0.1) is 0 Å². The van der Waals surface area contributed by atoms with Gasteiger partial charge in [0.05, 0.1) is 34.3 Å². The summed E-state index contributed by atoms with van der Waals surface area (Å²) in [5.74, 6) is -0.552. The van der Waals surface area contributed by atoms with Crippen molar-refractivity contribution in [1.82, 2.24) is 0 Å². The van der Waals surface area contributed by atoms with Crippen LogP contribution in [0.4, 0.5) is 17.1 Å². The molecule has 0 radical (unpaired) electrons. The fourth-order valence-corrected chi connectivity index (χ4v) is 3.91. The lowest BCUT2D eigenvalue weighted by atomic mass is 9.93. The Morgan fingerprint density at radius 1 is 1.03 bits per heavy atom. The number of nitro groups is 2. The van der Waals surface area contributed by atoms with E-state index in [1.165, 1.54) is 37.4 Å². The van der Waals surface area contributed by atoms with Gasteiger partial charge in [0.25, 0.3) is 5.69 Å². The van der Waals surface area contributed by atoms with E-state index in [4.69, 9.17) is 9.15 Å². The number of rotatable bonds is 7. The Hall–Kier alpha value is -5.07. The number of aryl methyl sites for hydroxylation is 1. The first-order valence-corrected chi connectivity index (χ1v) is 11.0. The van der Waals surface area contributed by atoms with Gasteiger partial charge in [-0.2, -0.15) is 5.10 Å². The van der Waals surface area contributed by atoms with E-state index >= 15 is 0 Å². The summed E-state index contributed by atoms with van der Waals surface area (Å²) in [6.45, 7) is 1.68. The standard InChI is InChI=1S/C24H20N4O9/c1-13-21-18(26-25-17-11-8-15(27(31)32)12-19(17)28(33)34)4-3-5-20(21)37-22(13)24(30)36-16-9-6-14(7-10-16)23(29)35-2/h6-12,25H,3-5H2,1-2H3/b26-18+. The Morgan fingerprint density at radius 2 is 1.76 bits per heavy atom. The first-order valence-electron chi connectivity index (χ1n) is 11.0. The quantitative estimate of drug-likeness (QED) is 0.206. The maximum Gasteiger partial charge on any atom is 0.379 e. The molecule has 190 valence electrons. The topological polar surface area (TPSA) is 176 Å². The number of hydrazone groups is 1. The van der Waals surface area contributed by atoms with E-state index in [2.05, 4.69) is 15.3 Å². The van der Waals surface area contributed by atoms with Gasteiger partial charge < -0.3 is 13.9 Å². The maximum absolute atomic E-state index is 12.8. The van der Waals surface area contributed by atoms with E-state index in [-0.39, 0.29) is 17.2 Å². The number of hydrogen-bond donors (Lipinski definition) is 1. The van der Waals surface area contributed by atoms with Crippen LogP contribution in [0.2, 0.25) is 0 Å². The predicted molar refractivity (Wildman–Crippen MR) is 129 cm³/mol. The number of nitrogens with zero attached hydrogens (tertiary/aromatic N) is 3. The number of anilines is 1. The minimum atomic E-state index is -0.740. The molecule has 0 saturated carbocycles. The van der Waals surface area contributed by atoms with Gasteiger partial charge in [0, 0.05) is 23.6 Å². The molecule has 37 heavy (non-hydrogen) atoms. The number of non-ortho nitro benzene ring substituents is 1. The maximum atomic E-state index is 12.8. The number of furan rings is 1. The van der Waals surface area contributed by atoms with Crippen molar-refractivity contribution in [1.29, 1.82) is 0 Å². The van der Waals surface area contributed by atoms with Gasteiger partial charge in [0.1, 0.15) is 17.2 Å². The van der Waals surface area contributed by atoms with Crippen molar-refractivity contribution < 1.29 is 33.3 Å². The summed E-state index contributed by atoms with van der Waals surface area (Å²) in [7, 11) is 1.26. The minimum absolute atomic E-state index is 0.0158. The summed E-state index contributed by atoms with van der Waals surface area (Å²) < 4.78 is 15.8.